The first-order valence-electron chi connectivity index (χ1n) is 11.2. The number of amides is 1. The van der Waals surface area contributed by atoms with Gasteiger partial charge in [-0.25, -0.2) is 9.78 Å². The largest absolute Gasteiger partial charge is 0.383 e. The van der Waals surface area contributed by atoms with Crippen LogP contribution in [-0.4, -0.2) is 32.0 Å². The van der Waals surface area contributed by atoms with Crippen molar-refractivity contribution in [2.24, 2.45) is 0 Å². The first kappa shape index (κ1) is 24.4. The van der Waals surface area contributed by atoms with Crippen molar-refractivity contribution in [3.8, 4) is 10.6 Å². The Labute approximate surface area is 196 Å². The fourth-order valence-electron chi connectivity index (χ4n) is 3.52. The van der Waals surface area contributed by atoms with Gasteiger partial charge in [0.1, 0.15) is 10.8 Å². The second-order valence-corrected chi connectivity index (χ2v) is 8.67. The van der Waals surface area contributed by atoms with E-state index in [2.05, 4.69) is 21.9 Å². The maximum atomic E-state index is 13.4. The zero-order valence-corrected chi connectivity index (χ0v) is 19.9. The van der Waals surface area contributed by atoms with E-state index in [0.717, 1.165) is 36.3 Å². The molecule has 3 heterocycles. The lowest BCUT2D eigenvalue weighted by atomic mass is 10.2. The summed E-state index contributed by atoms with van der Waals surface area (Å²) in [5, 5.41) is 2.61. The standard InChI is InChI=1S/C23H30N6O3S/c1-3-5-7-12-28(19-20(24)29(11-6-4-2)23(32)27-21(19)31)18(30)13-17-15-33-22(26-17)16-9-8-10-25-14-16/h8-10,14-15H,3-7,11-13,24H2,1-2H3,(H,27,31,32). The molecule has 0 aromatic carbocycles. The Morgan fingerprint density at radius 3 is 2.70 bits per heavy atom. The van der Waals surface area contributed by atoms with E-state index in [9.17, 15) is 14.4 Å². The fourth-order valence-corrected chi connectivity index (χ4v) is 4.33. The van der Waals surface area contributed by atoms with Crippen molar-refractivity contribution in [2.45, 2.75) is 58.9 Å². The summed E-state index contributed by atoms with van der Waals surface area (Å²) < 4.78 is 1.34. The zero-order valence-electron chi connectivity index (χ0n) is 19.0. The topological polar surface area (TPSA) is 127 Å². The number of rotatable bonds is 11. The highest BCUT2D eigenvalue weighted by molar-refractivity contribution is 7.13. The number of hydrogen-bond donors (Lipinski definition) is 2. The summed E-state index contributed by atoms with van der Waals surface area (Å²) in [6, 6.07) is 3.74. The van der Waals surface area contributed by atoms with Crippen LogP contribution in [0, 0.1) is 0 Å². The van der Waals surface area contributed by atoms with E-state index in [4.69, 9.17) is 5.73 Å². The van der Waals surface area contributed by atoms with Crippen LogP contribution in [-0.2, 0) is 17.8 Å². The molecule has 9 nitrogen and oxygen atoms in total. The van der Waals surface area contributed by atoms with Gasteiger partial charge >= 0.3 is 5.69 Å². The van der Waals surface area contributed by atoms with E-state index in [0.29, 0.717) is 25.2 Å². The number of anilines is 2. The van der Waals surface area contributed by atoms with Crippen LogP contribution in [0.15, 0.2) is 39.5 Å². The number of nitrogens with one attached hydrogen (secondary N) is 1. The highest BCUT2D eigenvalue weighted by Crippen LogP contribution is 2.24. The Morgan fingerprint density at radius 1 is 1.21 bits per heavy atom. The van der Waals surface area contributed by atoms with Gasteiger partial charge in [0.2, 0.25) is 5.91 Å². The number of nitrogens with zero attached hydrogens (tertiary/aromatic N) is 4. The summed E-state index contributed by atoms with van der Waals surface area (Å²) in [6.07, 6.45) is 7.61. The Morgan fingerprint density at radius 2 is 2.00 bits per heavy atom. The number of pyridine rings is 1. The van der Waals surface area contributed by atoms with Gasteiger partial charge in [-0.15, -0.1) is 11.3 Å². The molecule has 0 unspecified atom stereocenters. The minimum Gasteiger partial charge on any atom is -0.383 e. The number of carbonyl (C=O) groups is 1. The smallest absolute Gasteiger partial charge is 0.330 e. The molecule has 3 aromatic heterocycles. The predicted molar refractivity (Wildman–Crippen MR) is 132 cm³/mol. The molecular weight excluding hydrogens is 440 g/mol. The molecular formula is C23H30N6O3S. The minimum absolute atomic E-state index is 0.0237. The molecule has 10 heteroatoms. The van der Waals surface area contributed by atoms with Crippen LogP contribution < -0.4 is 21.9 Å². The number of carbonyl (C=O) groups excluding carboxylic acids is 1. The van der Waals surface area contributed by atoms with Crippen LogP contribution in [0.2, 0.25) is 0 Å². The molecule has 0 fully saturated rings. The van der Waals surface area contributed by atoms with Crippen molar-refractivity contribution in [1.82, 2.24) is 19.5 Å². The van der Waals surface area contributed by atoms with E-state index in [1.54, 1.807) is 12.4 Å². The van der Waals surface area contributed by atoms with Gasteiger partial charge in [0.15, 0.2) is 5.69 Å². The number of unbranched alkanes of at least 4 members (excludes halogenated alkanes) is 3. The lowest BCUT2D eigenvalue weighted by Gasteiger charge is -2.24. The van der Waals surface area contributed by atoms with Crippen LogP contribution >= 0.6 is 11.3 Å². The number of nitrogens with two attached hydrogens (primary N) is 1. The first-order valence-corrected chi connectivity index (χ1v) is 12.1. The van der Waals surface area contributed by atoms with Crippen LogP contribution in [0.3, 0.4) is 0 Å². The SMILES string of the molecule is CCCCCN(C(=O)Cc1csc(-c2cccnc2)n1)c1c(N)n(CCCC)c(=O)[nH]c1=O. The highest BCUT2D eigenvalue weighted by atomic mass is 32.1. The average Bonchev–Trinajstić information content (AvgIpc) is 3.27. The second kappa shape index (κ2) is 11.6. The summed E-state index contributed by atoms with van der Waals surface area (Å²) >= 11 is 1.43. The minimum atomic E-state index is -0.649. The molecule has 0 atom stereocenters. The molecule has 0 aliphatic carbocycles. The molecule has 0 saturated carbocycles. The molecule has 3 N–H and O–H groups in total. The van der Waals surface area contributed by atoms with Gasteiger partial charge in [-0.2, -0.15) is 0 Å². The maximum absolute atomic E-state index is 13.4. The molecule has 0 saturated heterocycles. The summed E-state index contributed by atoms with van der Waals surface area (Å²) in [5.74, 6) is -0.261. The number of aromatic nitrogens is 4. The molecule has 0 bridgehead atoms. The van der Waals surface area contributed by atoms with Crippen LogP contribution in [0.4, 0.5) is 11.5 Å². The van der Waals surface area contributed by atoms with Gasteiger partial charge in [-0.1, -0.05) is 33.1 Å². The van der Waals surface area contributed by atoms with E-state index >= 15 is 0 Å². The van der Waals surface area contributed by atoms with Crippen molar-refractivity contribution in [3.63, 3.8) is 0 Å². The Kier molecular flexibility index (Phi) is 8.53. The monoisotopic (exact) mass is 470 g/mol. The van der Waals surface area contributed by atoms with E-state index in [1.807, 2.05) is 24.4 Å². The predicted octanol–water partition coefficient (Wildman–Crippen LogP) is 3.20. The van der Waals surface area contributed by atoms with E-state index in [-0.39, 0.29) is 23.8 Å². The number of hydrogen-bond acceptors (Lipinski definition) is 7. The molecule has 0 aliphatic rings. The fraction of sp³-hybridized carbons (Fsp3) is 0.435. The third kappa shape index (κ3) is 5.95. The van der Waals surface area contributed by atoms with Crippen molar-refractivity contribution in [3.05, 3.63) is 56.4 Å². The van der Waals surface area contributed by atoms with Crippen LogP contribution in [0.25, 0.3) is 10.6 Å². The van der Waals surface area contributed by atoms with Gasteiger partial charge in [-0.3, -0.25) is 24.1 Å². The zero-order chi connectivity index (χ0) is 23.8. The van der Waals surface area contributed by atoms with Crippen molar-refractivity contribution in [1.29, 1.82) is 0 Å². The van der Waals surface area contributed by atoms with Crippen molar-refractivity contribution in [2.75, 3.05) is 17.2 Å². The quantitative estimate of drug-likeness (QED) is 0.414. The molecule has 0 spiro atoms. The highest BCUT2D eigenvalue weighted by Gasteiger charge is 2.24. The summed E-state index contributed by atoms with van der Waals surface area (Å²) in [4.78, 5) is 50.8. The van der Waals surface area contributed by atoms with Gasteiger partial charge in [0, 0.05) is 36.4 Å². The molecule has 3 rings (SSSR count). The number of thiazole rings is 1. The number of H-pyrrole nitrogens is 1. The van der Waals surface area contributed by atoms with Crippen molar-refractivity contribution < 1.29 is 4.79 Å². The maximum Gasteiger partial charge on any atom is 0.330 e. The Bertz CT molecular complexity index is 1180. The van der Waals surface area contributed by atoms with Crippen LogP contribution in [0.5, 0.6) is 0 Å². The summed E-state index contributed by atoms with van der Waals surface area (Å²) in [6.45, 7) is 4.78. The lowest BCUT2D eigenvalue weighted by molar-refractivity contribution is -0.118. The average molecular weight is 471 g/mol. The molecule has 176 valence electrons. The van der Waals surface area contributed by atoms with Gasteiger partial charge in [0.05, 0.1) is 12.1 Å². The second-order valence-electron chi connectivity index (χ2n) is 7.81. The van der Waals surface area contributed by atoms with E-state index in [1.165, 1.54) is 20.8 Å². The number of nitrogen functional groups attached to an aromatic ring is 1. The lowest BCUT2D eigenvalue weighted by Crippen LogP contribution is -2.42. The summed E-state index contributed by atoms with van der Waals surface area (Å²) in [7, 11) is 0. The van der Waals surface area contributed by atoms with Crippen molar-refractivity contribution >= 4 is 28.7 Å². The molecule has 0 aliphatic heterocycles. The first-order chi connectivity index (χ1) is 16.0. The van der Waals surface area contributed by atoms with E-state index < -0.39 is 11.2 Å². The third-order valence-corrected chi connectivity index (χ3v) is 6.24. The van der Waals surface area contributed by atoms with Crippen LogP contribution in [0.1, 0.15) is 51.6 Å². The molecule has 0 radical (unpaired) electrons. The molecule has 3 aromatic rings. The Balaban J connectivity index is 1.92. The molecule has 1 amide bonds. The Hall–Kier alpha value is -3.27. The van der Waals surface area contributed by atoms with Gasteiger partial charge in [0.25, 0.3) is 5.56 Å². The summed E-state index contributed by atoms with van der Waals surface area (Å²) in [5.41, 5.74) is 6.59. The number of aromatic amines is 1. The normalized spacial score (nSPS) is 11.0. The third-order valence-electron chi connectivity index (χ3n) is 5.30. The van der Waals surface area contributed by atoms with Gasteiger partial charge < -0.3 is 10.6 Å². The van der Waals surface area contributed by atoms with Gasteiger partial charge in [-0.05, 0) is 25.0 Å². The molecule has 33 heavy (non-hydrogen) atoms.